The maximum Gasteiger partial charge on any atom is 0.284 e. The fourth-order valence-electron chi connectivity index (χ4n) is 3.06. The van der Waals surface area contributed by atoms with Gasteiger partial charge in [0.05, 0.1) is 0 Å². The van der Waals surface area contributed by atoms with E-state index in [0.717, 1.165) is 18.0 Å². The van der Waals surface area contributed by atoms with Gasteiger partial charge in [-0.25, -0.2) is 5.10 Å². The third-order valence-electron chi connectivity index (χ3n) is 4.77. The van der Waals surface area contributed by atoms with Crippen molar-refractivity contribution in [3.05, 3.63) is 34.7 Å². The summed E-state index contributed by atoms with van der Waals surface area (Å²) in [7, 11) is 0. The molecule has 2 aromatic rings. The van der Waals surface area contributed by atoms with Crippen LogP contribution in [-0.4, -0.2) is 22.6 Å². The van der Waals surface area contributed by atoms with Crippen molar-refractivity contribution in [1.29, 1.82) is 0 Å². The topological polar surface area (TPSA) is 70.9 Å². The van der Waals surface area contributed by atoms with Gasteiger partial charge < -0.3 is 9.73 Å². The molecule has 0 atom stereocenters. The molecule has 1 heterocycles. The Balaban J connectivity index is 1.41. The monoisotopic (exact) mass is 315 g/mol. The van der Waals surface area contributed by atoms with E-state index in [1.165, 1.54) is 25.7 Å². The van der Waals surface area contributed by atoms with E-state index >= 15 is 0 Å². The van der Waals surface area contributed by atoms with Gasteiger partial charge in [-0.3, -0.25) is 4.79 Å². The Labute approximate surface area is 133 Å². The molecule has 0 radical (unpaired) electrons. The molecule has 0 spiro atoms. The minimum Gasteiger partial charge on any atom is -0.409 e. The summed E-state index contributed by atoms with van der Waals surface area (Å²) in [5.41, 5.74) is 1.87. The molecule has 2 aliphatic carbocycles. The number of rotatable bonds is 5. The predicted molar refractivity (Wildman–Crippen MR) is 83.8 cm³/mol. The van der Waals surface area contributed by atoms with Gasteiger partial charge in [-0.2, -0.15) is 0 Å². The van der Waals surface area contributed by atoms with Crippen LogP contribution in [-0.2, 0) is 0 Å². The number of hydrogen-bond acceptors (Lipinski definition) is 4. The van der Waals surface area contributed by atoms with Crippen LogP contribution in [0.3, 0.4) is 0 Å². The number of carbonyl (C=O) groups is 1. The molecule has 4 rings (SSSR count). The Morgan fingerprint density at radius 2 is 2.09 bits per heavy atom. The van der Waals surface area contributed by atoms with Gasteiger partial charge in [0, 0.05) is 17.7 Å². The summed E-state index contributed by atoms with van der Waals surface area (Å²) in [6, 6.07) is 7.21. The average Bonchev–Trinajstić information content (AvgIpc) is 3.43. The van der Waals surface area contributed by atoms with Crippen LogP contribution in [0.4, 0.5) is 0 Å². The zero-order chi connectivity index (χ0) is 15.2. The van der Waals surface area contributed by atoms with Crippen molar-refractivity contribution >= 4 is 18.1 Å². The lowest BCUT2D eigenvalue weighted by Crippen LogP contribution is -2.31. The van der Waals surface area contributed by atoms with E-state index in [4.69, 9.17) is 16.6 Å². The average molecular weight is 315 g/mol. The van der Waals surface area contributed by atoms with E-state index in [-0.39, 0.29) is 10.7 Å². The van der Waals surface area contributed by atoms with Crippen LogP contribution < -0.4 is 5.32 Å². The maximum absolute atomic E-state index is 12.2. The zero-order valence-electron chi connectivity index (χ0n) is 12.1. The van der Waals surface area contributed by atoms with Crippen molar-refractivity contribution in [2.24, 2.45) is 11.3 Å². The van der Waals surface area contributed by atoms with E-state index < -0.39 is 0 Å². The van der Waals surface area contributed by atoms with Crippen molar-refractivity contribution in [1.82, 2.24) is 15.5 Å². The molecule has 1 aromatic carbocycles. The highest BCUT2D eigenvalue weighted by atomic mass is 32.1. The molecule has 114 valence electrons. The minimum absolute atomic E-state index is 0.0126. The first-order chi connectivity index (χ1) is 10.7. The van der Waals surface area contributed by atoms with Gasteiger partial charge in [0.1, 0.15) is 0 Å². The molecule has 2 aliphatic rings. The Kier molecular flexibility index (Phi) is 3.14. The maximum atomic E-state index is 12.2. The quantitative estimate of drug-likeness (QED) is 0.830. The molecule has 0 saturated heterocycles. The van der Waals surface area contributed by atoms with Crippen molar-refractivity contribution in [2.45, 2.75) is 25.7 Å². The second-order valence-electron chi connectivity index (χ2n) is 6.31. The number of aromatic nitrogens is 2. The fraction of sp³-hybridized carbons (Fsp3) is 0.438. The molecule has 1 aromatic heterocycles. The number of nitrogens with zero attached hydrogens (tertiary/aromatic N) is 1. The molecule has 1 amide bonds. The molecule has 0 bridgehead atoms. The van der Waals surface area contributed by atoms with Crippen LogP contribution in [0.1, 0.15) is 36.0 Å². The van der Waals surface area contributed by atoms with E-state index in [9.17, 15) is 4.79 Å². The smallest absolute Gasteiger partial charge is 0.284 e. The van der Waals surface area contributed by atoms with Gasteiger partial charge in [-0.1, -0.05) is 0 Å². The van der Waals surface area contributed by atoms with Crippen molar-refractivity contribution in [3.63, 3.8) is 0 Å². The van der Waals surface area contributed by atoms with Gasteiger partial charge in [-0.05, 0) is 73.5 Å². The summed E-state index contributed by atoms with van der Waals surface area (Å²) in [5.74, 6) is 1.27. The predicted octanol–water partition coefficient (Wildman–Crippen LogP) is 3.32. The van der Waals surface area contributed by atoms with Gasteiger partial charge in [0.15, 0.2) is 0 Å². The summed E-state index contributed by atoms with van der Waals surface area (Å²) in [4.78, 5) is 12.5. The Morgan fingerprint density at radius 3 is 2.64 bits per heavy atom. The molecule has 5 nitrogen and oxygen atoms in total. The van der Waals surface area contributed by atoms with E-state index in [1.807, 2.05) is 12.1 Å². The van der Waals surface area contributed by atoms with E-state index in [0.29, 0.717) is 16.9 Å². The third kappa shape index (κ3) is 2.59. The number of nitrogens with one attached hydrogen (secondary N) is 2. The SMILES string of the molecule is O=C(NCC1(C2CC2)CC1)c1ccc(-c2n[nH]c(=S)o2)cc1. The standard InChI is InChI=1S/C16H17N3O2S/c20-13(17-9-16(7-8-16)12-5-6-12)10-1-3-11(4-2-10)14-18-19-15(22)21-14/h1-4,12H,5-9H2,(H,17,20)(H,19,22). The second-order valence-corrected chi connectivity index (χ2v) is 6.69. The molecule has 0 aliphatic heterocycles. The largest absolute Gasteiger partial charge is 0.409 e. The number of benzene rings is 1. The highest BCUT2D eigenvalue weighted by Crippen LogP contribution is 2.60. The van der Waals surface area contributed by atoms with Crippen LogP contribution in [0.15, 0.2) is 28.7 Å². The number of aromatic amines is 1. The molecular formula is C16H17N3O2S. The molecule has 6 heteroatoms. The van der Waals surface area contributed by atoms with Crippen LogP contribution >= 0.6 is 12.2 Å². The lowest BCUT2D eigenvalue weighted by molar-refractivity contribution is 0.0942. The number of H-pyrrole nitrogens is 1. The minimum atomic E-state index is -0.0126. The highest BCUT2D eigenvalue weighted by Gasteiger charge is 2.53. The van der Waals surface area contributed by atoms with Crippen LogP contribution in [0.2, 0.25) is 0 Å². The van der Waals surface area contributed by atoms with Crippen LogP contribution in [0.5, 0.6) is 0 Å². The van der Waals surface area contributed by atoms with E-state index in [1.54, 1.807) is 12.1 Å². The van der Waals surface area contributed by atoms with E-state index in [2.05, 4.69) is 15.5 Å². The number of hydrogen-bond donors (Lipinski definition) is 2. The zero-order valence-corrected chi connectivity index (χ0v) is 12.9. The van der Waals surface area contributed by atoms with Crippen molar-refractivity contribution < 1.29 is 9.21 Å². The Hall–Kier alpha value is -1.95. The number of amides is 1. The van der Waals surface area contributed by atoms with Crippen LogP contribution in [0, 0.1) is 16.2 Å². The first kappa shape index (κ1) is 13.7. The normalized spacial score (nSPS) is 18.9. The molecular weight excluding hydrogens is 298 g/mol. The van der Waals surface area contributed by atoms with Crippen LogP contribution in [0.25, 0.3) is 11.5 Å². The molecule has 2 fully saturated rings. The second kappa shape index (κ2) is 5.05. The molecule has 22 heavy (non-hydrogen) atoms. The Morgan fingerprint density at radius 1 is 1.36 bits per heavy atom. The lowest BCUT2D eigenvalue weighted by Gasteiger charge is -2.15. The molecule has 0 unspecified atom stereocenters. The van der Waals surface area contributed by atoms with Gasteiger partial charge in [-0.15, -0.1) is 5.10 Å². The van der Waals surface area contributed by atoms with Gasteiger partial charge in [0.25, 0.3) is 10.7 Å². The van der Waals surface area contributed by atoms with Crippen molar-refractivity contribution in [2.75, 3.05) is 6.54 Å². The lowest BCUT2D eigenvalue weighted by atomic mass is 10.0. The fourth-order valence-corrected chi connectivity index (χ4v) is 3.19. The number of carbonyl (C=O) groups excluding carboxylic acids is 1. The Bertz CT molecular complexity index is 754. The van der Waals surface area contributed by atoms with Crippen molar-refractivity contribution in [3.8, 4) is 11.5 Å². The first-order valence-electron chi connectivity index (χ1n) is 7.60. The molecule has 2 saturated carbocycles. The van der Waals surface area contributed by atoms with Gasteiger partial charge >= 0.3 is 0 Å². The summed E-state index contributed by atoms with van der Waals surface area (Å²) in [6.07, 6.45) is 5.20. The molecule has 2 N–H and O–H groups in total. The third-order valence-corrected chi connectivity index (χ3v) is 4.94. The van der Waals surface area contributed by atoms with Gasteiger partial charge in [0.2, 0.25) is 5.89 Å². The summed E-state index contributed by atoms with van der Waals surface area (Å²) in [6.45, 7) is 0.812. The highest BCUT2D eigenvalue weighted by molar-refractivity contribution is 7.71. The summed E-state index contributed by atoms with van der Waals surface area (Å²) >= 11 is 4.85. The first-order valence-corrected chi connectivity index (χ1v) is 8.01. The summed E-state index contributed by atoms with van der Waals surface area (Å²) in [5, 5.41) is 9.64. The summed E-state index contributed by atoms with van der Waals surface area (Å²) < 4.78 is 5.25.